The Morgan fingerprint density at radius 2 is 1.67 bits per heavy atom. The van der Waals surface area contributed by atoms with Gasteiger partial charge in [0.25, 0.3) is 0 Å². The number of hydrogen-bond acceptors (Lipinski definition) is 3. The zero-order valence-electron chi connectivity index (χ0n) is 12.9. The van der Waals surface area contributed by atoms with E-state index in [9.17, 15) is 22.8 Å². The lowest BCUT2D eigenvalue weighted by Crippen LogP contribution is -2.40. The summed E-state index contributed by atoms with van der Waals surface area (Å²) in [5.74, 6) is -0.475. The molecule has 0 spiro atoms. The van der Waals surface area contributed by atoms with Crippen molar-refractivity contribution in [1.29, 1.82) is 0 Å². The van der Waals surface area contributed by atoms with Crippen molar-refractivity contribution in [3.8, 4) is 5.75 Å². The van der Waals surface area contributed by atoms with Crippen LogP contribution in [0.3, 0.4) is 0 Å². The minimum absolute atomic E-state index is 0.0178. The second-order valence-corrected chi connectivity index (χ2v) is 6.46. The standard InChI is InChI=1S/C17H18F3NO3/c18-17(19,20)24-14-6-4-13(5-7-14)21-16(23)12-8-10-2-1-3-11(9-12)15(10)22/h4-7,10-12H,1-3,8-9H2,(H,21,23)/t10-,11+,12?. The van der Waals surface area contributed by atoms with Gasteiger partial charge in [-0.15, -0.1) is 13.2 Å². The van der Waals surface area contributed by atoms with Gasteiger partial charge in [-0.3, -0.25) is 9.59 Å². The number of halogens is 3. The van der Waals surface area contributed by atoms with Gasteiger partial charge in [0.15, 0.2) is 0 Å². The van der Waals surface area contributed by atoms with Crippen LogP contribution in [-0.4, -0.2) is 18.1 Å². The van der Waals surface area contributed by atoms with E-state index < -0.39 is 6.36 Å². The van der Waals surface area contributed by atoms with Gasteiger partial charge >= 0.3 is 6.36 Å². The van der Waals surface area contributed by atoms with Gasteiger partial charge in [-0.2, -0.15) is 0 Å². The average molecular weight is 341 g/mol. The van der Waals surface area contributed by atoms with Gasteiger partial charge in [-0.1, -0.05) is 6.42 Å². The molecule has 2 aliphatic carbocycles. The quantitative estimate of drug-likeness (QED) is 0.907. The highest BCUT2D eigenvalue weighted by Gasteiger charge is 2.41. The van der Waals surface area contributed by atoms with E-state index >= 15 is 0 Å². The number of carbonyl (C=O) groups excluding carboxylic acids is 2. The van der Waals surface area contributed by atoms with Crippen LogP contribution >= 0.6 is 0 Å². The predicted octanol–water partition coefficient (Wildman–Crippen LogP) is 3.92. The van der Waals surface area contributed by atoms with Gasteiger partial charge in [0.1, 0.15) is 11.5 Å². The fraction of sp³-hybridized carbons (Fsp3) is 0.529. The van der Waals surface area contributed by atoms with E-state index in [0.29, 0.717) is 24.3 Å². The van der Waals surface area contributed by atoms with Crippen molar-refractivity contribution in [1.82, 2.24) is 0 Å². The number of ketones is 1. The van der Waals surface area contributed by atoms with Crippen molar-refractivity contribution in [2.24, 2.45) is 17.8 Å². The predicted molar refractivity (Wildman–Crippen MR) is 80.3 cm³/mol. The van der Waals surface area contributed by atoms with E-state index in [4.69, 9.17) is 0 Å². The van der Waals surface area contributed by atoms with Crippen LogP contribution in [0.25, 0.3) is 0 Å². The fourth-order valence-electron chi connectivity index (χ4n) is 3.68. The number of anilines is 1. The molecule has 3 atom stereocenters. The molecule has 1 aromatic rings. The highest BCUT2D eigenvalue weighted by molar-refractivity contribution is 5.95. The van der Waals surface area contributed by atoms with Crippen molar-refractivity contribution in [2.75, 3.05) is 5.32 Å². The summed E-state index contributed by atoms with van der Waals surface area (Å²) in [7, 11) is 0. The lowest BCUT2D eigenvalue weighted by molar-refractivity contribution is -0.274. The van der Waals surface area contributed by atoms with Gasteiger partial charge < -0.3 is 10.1 Å². The Hall–Kier alpha value is -2.05. The number of rotatable bonds is 3. The van der Waals surface area contributed by atoms with Crippen molar-refractivity contribution in [3.05, 3.63) is 24.3 Å². The molecule has 1 amide bonds. The first-order valence-corrected chi connectivity index (χ1v) is 8.02. The molecule has 3 rings (SSSR count). The van der Waals surface area contributed by atoms with Crippen molar-refractivity contribution in [2.45, 2.75) is 38.5 Å². The largest absolute Gasteiger partial charge is 0.573 e. The van der Waals surface area contributed by atoms with E-state index in [0.717, 1.165) is 31.4 Å². The third kappa shape index (κ3) is 3.88. The Kier molecular flexibility index (Phi) is 4.51. The molecule has 7 heteroatoms. The molecule has 2 saturated carbocycles. The van der Waals surface area contributed by atoms with Crippen LogP contribution in [0.15, 0.2) is 24.3 Å². The molecule has 2 aliphatic rings. The molecule has 0 aromatic heterocycles. The molecule has 1 aromatic carbocycles. The number of fused-ring (bicyclic) bond motifs is 2. The van der Waals surface area contributed by atoms with Crippen LogP contribution in [0.4, 0.5) is 18.9 Å². The summed E-state index contributed by atoms with van der Waals surface area (Å²) in [6.07, 6.45) is -0.870. The smallest absolute Gasteiger partial charge is 0.406 e. The number of amides is 1. The normalized spacial score (nSPS) is 26.8. The lowest BCUT2D eigenvalue weighted by Gasteiger charge is -2.36. The molecule has 2 fully saturated rings. The molecule has 0 radical (unpaired) electrons. The maximum Gasteiger partial charge on any atom is 0.573 e. The number of alkyl halides is 3. The summed E-state index contributed by atoms with van der Waals surface area (Å²) >= 11 is 0. The number of Topliss-reactive ketones (excluding diaryl/α,β-unsaturated/α-hetero) is 1. The summed E-state index contributed by atoms with van der Waals surface area (Å²) in [6, 6.07) is 5.05. The molecule has 24 heavy (non-hydrogen) atoms. The van der Waals surface area contributed by atoms with E-state index in [-0.39, 0.29) is 29.4 Å². The van der Waals surface area contributed by atoms with E-state index in [1.54, 1.807) is 0 Å². The first kappa shape index (κ1) is 16.8. The van der Waals surface area contributed by atoms with Crippen LogP contribution in [-0.2, 0) is 9.59 Å². The maximum atomic E-state index is 12.4. The molecule has 0 aliphatic heterocycles. The highest BCUT2D eigenvalue weighted by Crippen LogP contribution is 2.40. The lowest BCUT2D eigenvalue weighted by atomic mass is 9.67. The Balaban J connectivity index is 1.60. The van der Waals surface area contributed by atoms with Crippen LogP contribution in [0, 0.1) is 17.8 Å². The van der Waals surface area contributed by atoms with Crippen LogP contribution in [0.2, 0.25) is 0 Å². The first-order chi connectivity index (χ1) is 11.3. The second kappa shape index (κ2) is 6.45. The number of benzene rings is 1. The summed E-state index contributed by atoms with van der Waals surface area (Å²) < 4.78 is 40.1. The number of ether oxygens (including phenoxy) is 1. The van der Waals surface area contributed by atoms with Gasteiger partial charge in [0.05, 0.1) is 0 Å². The number of hydrogen-bond donors (Lipinski definition) is 1. The molecule has 130 valence electrons. The zero-order valence-corrected chi connectivity index (χ0v) is 12.9. The van der Waals surface area contributed by atoms with E-state index in [2.05, 4.69) is 10.1 Å². The van der Waals surface area contributed by atoms with E-state index in [1.165, 1.54) is 12.1 Å². The minimum atomic E-state index is -4.74. The van der Waals surface area contributed by atoms with Crippen LogP contribution < -0.4 is 10.1 Å². The monoisotopic (exact) mass is 341 g/mol. The summed E-state index contributed by atoms with van der Waals surface area (Å²) in [6.45, 7) is 0. The third-order valence-corrected chi connectivity index (χ3v) is 4.77. The molecule has 4 nitrogen and oxygen atoms in total. The summed E-state index contributed by atoms with van der Waals surface area (Å²) in [5.41, 5.74) is 0.414. The van der Waals surface area contributed by atoms with E-state index in [1.807, 2.05) is 0 Å². The molecule has 1 unspecified atom stereocenters. The number of nitrogens with one attached hydrogen (secondary N) is 1. The van der Waals surface area contributed by atoms with Crippen molar-refractivity contribution in [3.63, 3.8) is 0 Å². The van der Waals surface area contributed by atoms with Gasteiger partial charge in [-0.05, 0) is 49.9 Å². The van der Waals surface area contributed by atoms with Gasteiger partial charge in [0, 0.05) is 23.4 Å². The second-order valence-electron chi connectivity index (χ2n) is 6.46. The summed E-state index contributed by atoms with van der Waals surface area (Å²) in [5, 5.41) is 2.72. The minimum Gasteiger partial charge on any atom is -0.406 e. The van der Waals surface area contributed by atoms with Gasteiger partial charge in [0.2, 0.25) is 5.91 Å². The van der Waals surface area contributed by atoms with Crippen LogP contribution in [0.1, 0.15) is 32.1 Å². The Bertz CT molecular complexity index is 611. The molecule has 2 bridgehead atoms. The first-order valence-electron chi connectivity index (χ1n) is 8.02. The van der Waals surface area contributed by atoms with Crippen molar-refractivity contribution < 1.29 is 27.5 Å². The van der Waals surface area contributed by atoms with Crippen LogP contribution in [0.5, 0.6) is 5.75 Å². The zero-order chi connectivity index (χ0) is 17.3. The van der Waals surface area contributed by atoms with Crippen molar-refractivity contribution >= 4 is 17.4 Å². The Morgan fingerprint density at radius 3 is 2.21 bits per heavy atom. The summed E-state index contributed by atoms with van der Waals surface area (Å²) in [4.78, 5) is 24.4. The average Bonchev–Trinajstić information content (AvgIpc) is 2.47. The topological polar surface area (TPSA) is 55.4 Å². The fourth-order valence-corrected chi connectivity index (χ4v) is 3.68. The molecular weight excluding hydrogens is 323 g/mol. The maximum absolute atomic E-state index is 12.4. The SMILES string of the molecule is O=C(Nc1ccc(OC(F)(F)F)cc1)C1C[C@H]2CCC[C@@H](C1)C2=O. The number of carbonyl (C=O) groups is 2. The Morgan fingerprint density at radius 1 is 1.08 bits per heavy atom. The Labute approximate surface area is 137 Å². The molecule has 0 heterocycles. The van der Waals surface area contributed by atoms with Gasteiger partial charge in [-0.25, -0.2) is 0 Å². The molecule has 1 N–H and O–H groups in total. The third-order valence-electron chi connectivity index (χ3n) is 4.77. The highest BCUT2D eigenvalue weighted by atomic mass is 19.4. The molecular formula is C17H18F3NO3. The molecule has 0 saturated heterocycles.